The predicted molar refractivity (Wildman–Crippen MR) is 75.2 cm³/mol. The molecule has 1 atom stereocenters. The minimum atomic E-state index is -0.498. The van der Waals surface area contributed by atoms with E-state index >= 15 is 0 Å². The Morgan fingerprint density at radius 2 is 2.05 bits per heavy atom. The molecule has 4 heteroatoms. The molecule has 0 saturated carbocycles. The van der Waals surface area contributed by atoms with Crippen LogP contribution in [0.15, 0.2) is 27.4 Å². The second kappa shape index (κ2) is 5.61. The number of nitrogens with zero attached hydrogens (tertiary/aromatic N) is 1. The van der Waals surface area contributed by atoms with Crippen molar-refractivity contribution in [3.63, 3.8) is 0 Å². The maximum Gasteiger partial charge on any atom is 0.419 e. The molecule has 1 N–H and O–H groups in total. The highest BCUT2D eigenvalue weighted by atomic mass is 16.4. The molecule has 0 aliphatic rings. The van der Waals surface area contributed by atoms with Gasteiger partial charge in [-0.3, -0.25) is 4.57 Å². The lowest BCUT2D eigenvalue weighted by molar-refractivity contribution is 0.159. The Morgan fingerprint density at radius 3 is 2.68 bits per heavy atom. The van der Waals surface area contributed by atoms with Gasteiger partial charge in [0.15, 0.2) is 5.58 Å². The Hall–Kier alpha value is -1.55. The van der Waals surface area contributed by atoms with Crippen LogP contribution in [0.2, 0.25) is 0 Å². The van der Waals surface area contributed by atoms with Gasteiger partial charge in [0.2, 0.25) is 0 Å². The first-order valence-corrected chi connectivity index (χ1v) is 6.84. The number of benzene rings is 1. The molecule has 0 spiro atoms. The van der Waals surface area contributed by atoms with E-state index in [2.05, 4.69) is 13.8 Å². The highest BCUT2D eigenvalue weighted by molar-refractivity contribution is 5.73. The average Bonchev–Trinajstić information content (AvgIpc) is 2.69. The van der Waals surface area contributed by atoms with Gasteiger partial charge < -0.3 is 9.52 Å². The second-order valence-electron chi connectivity index (χ2n) is 5.33. The van der Waals surface area contributed by atoms with Crippen LogP contribution in [-0.4, -0.2) is 9.67 Å². The van der Waals surface area contributed by atoms with Gasteiger partial charge in [-0.1, -0.05) is 19.9 Å². The summed E-state index contributed by atoms with van der Waals surface area (Å²) in [5, 5.41) is 10.1. The van der Waals surface area contributed by atoms with Crippen LogP contribution in [0, 0.1) is 5.92 Å². The van der Waals surface area contributed by atoms with Gasteiger partial charge in [0, 0.05) is 6.54 Å². The Bertz CT molecular complexity index is 609. The molecule has 4 nitrogen and oxygen atoms in total. The lowest BCUT2D eigenvalue weighted by Crippen LogP contribution is -2.11. The third kappa shape index (κ3) is 2.89. The summed E-state index contributed by atoms with van der Waals surface area (Å²) in [6.07, 6.45) is 1.20. The van der Waals surface area contributed by atoms with Gasteiger partial charge in [0.25, 0.3) is 0 Å². The van der Waals surface area contributed by atoms with E-state index in [4.69, 9.17) is 4.42 Å². The highest BCUT2D eigenvalue weighted by Crippen LogP contribution is 2.24. The summed E-state index contributed by atoms with van der Waals surface area (Å²) in [5.74, 6) is 0.226. The maximum atomic E-state index is 11.6. The van der Waals surface area contributed by atoms with Crippen molar-refractivity contribution >= 4 is 11.1 Å². The summed E-state index contributed by atoms with van der Waals surface area (Å²) in [6.45, 7) is 6.76. The molecule has 0 radical (unpaired) electrons. The number of rotatable bonds is 5. The number of oxazole rings is 1. The largest absolute Gasteiger partial charge is 0.419 e. The zero-order valence-electron chi connectivity index (χ0n) is 11.7. The maximum absolute atomic E-state index is 11.6. The number of aliphatic hydroxyl groups excluding tert-OH is 1. The van der Waals surface area contributed by atoms with Crippen LogP contribution < -0.4 is 5.76 Å². The van der Waals surface area contributed by atoms with E-state index in [0.717, 1.165) is 23.9 Å². The van der Waals surface area contributed by atoms with Crippen LogP contribution >= 0.6 is 0 Å². The Morgan fingerprint density at radius 1 is 1.32 bits per heavy atom. The number of aryl methyl sites for hydroxylation is 1. The van der Waals surface area contributed by atoms with Gasteiger partial charge in [0.1, 0.15) is 0 Å². The number of aliphatic hydroxyl groups is 1. The van der Waals surface area contributed by atoms with Crippen LogP contribution in [0.25, 0.3) is 11.1 Å². The molecule has 0 amide bonds. The van der Waals surface area contributed by atoms with Crippen molar-refractivity contribution in [2.45, 2.75) is 46.3 Å². The number of hydrogen-bond donors (Lipinski definition) is 1. The fourth-order valence-corrected chi connectivity index (χ4v) is 2.25. The smallest absolute Gasteiger partial charge is 0.408 e. The molecule has 19 heavy (non-hydrogen) atoms. The first kappa shape index (κ1) is 13.9. The normalized spacial score (nSPS) is 13.3. The van der Waals surface area contributed by atoms with Crippen LogP contribution in [0.5, 0.6) is 0 Å². The van der Waals surface area contributed by atoms with Gasteiger partial charge in [0.05, 0.1) is 11.6 Å². The number of hydrogen-bond acceptors (Lipinski definition) is 3. The minimum Gasteiger partial charge on any atom is -0.408 e. The first-order valence-electron chi connectivity index (χ1n) is 6.84. The molecule has 1 heterocycles. The lowest BCUT2D eigenvalue weighted by atomic mass is 10.00. The fourth-order valence-electron chi connectivity index (χ4n) is 2.25. The van der Waals surface area contributed by atoms with E-state index in [9.17, 15) is 9.90 Å². The quantitative estimate of drug-likeness (QED) is 0.901. The van der Waals surface area contributed by atoms with Gasteiger partial charge in [-0.15, -0.1) is 0 Å². The summed E-state index contributed by atoms with van der Waals surface area (Å²) in [6, 6.07) is 5.49. The standard InChI is InChI=1S/C15H21NO3/c1-4-16-12-7-6-11(9-14(12)19-15(16)18)13(17)8-5-10(2)3/h6-7,9-10,13,17H,4-5,8H2,1-3H3. The number of aromatic nitrogens is 1. The fraction of sp³-hybridized carbons (Fsp3) is 0.533. The third-order valence-electron chi connectivity index (χ3n) is 3.41. The van der Waals surface area contributed by atoms with Crippen LogP contribution in [-0.2, 0) is 6.54 Å². The van der Waals surface area contributed by atoms with Crippen LogP contribution in [0.4, 0.5) is 0 Å². The van der Waals surface area contributed by atoms with E-state index in [0.29, 0.717) is 18.0 Å². The predicted octanol–water partition coefficient (Wildman–Crippen LogP) is 3.08. The second-order valence-corrected chi connectivity index (χ2v) is 5.33. The molecule has 0 aliphatic heterocycles. The zero-order valence-corrected chi connectivity index (χ0v) is 11.7. The molecule has 1 unspecified atom stereocenters. The molecule has 0 bridgehead atoms. The van der Waals surface area contributed by atoms with Crippen molar-refractivity contribution in [2.75, 3.05) is 0 Å². The Kier molecular flexibility index (Phi) is 4.10. The molecule has 104 valence electrons. The van der Waals surface area contributed by atoms with Crippen LogP contribution in [0.3, 0.4) is 0 Å². The van der Waals surface area contributed by atoms with Crippen LogP contribution in [0.1, 0.15) is 45.3 Å². The zero-order chi connectivity index (χ0) is 14.0. The van der Waals surface area contributed by atoms with Gasteiger partial charge in [-0.2, -0.15) is 0 Å². The molecule has 0 aliphatic carbocycles. The van der Waals surface area contributed by atoms with Gasteiger partial charge in [-0.25, -0.2) is 4.79 Å². The minimum absolute atomic E-state index is 0.341. The summed E-state index contributed by atoms with van der Waals surface area (Å²) in [5.41, 5.74) is 2.14. The molecular formula is C15H21NO3. The summed E-state index contributed by atoms with van der Waals surface area (Å²) < 4.78 is 6.79. The van der Waals surface area contributed by atoms with E-state index < -0.39 is 6.10 Å². The molecule has 1 aromatic heterocycles. The monoisotopic (exact) mass is 263 g/mol. The molecule has 0 saturated heterocycles. The first-order chi connectivity index (χ1) is 9.02. The molecule has 2 aromatic rings. The van der Waals surface area contributed by atoms with Crippen molar-refractivity contribution in [3.8, 4) is 0 Å². The molecule has 1 aromatic carbocycles. The molecule has 2 rings (SSSR count). The van der Waals surface area contributed by atoms with Crippen molar-refractivity contribution in [3.05, 3.63) is 34.3 Å². The average molecular weight is 263 g/mol. The van der Waals surface area contributed by atoms with E-state index in [1.807, 2.05) is 19.1 Å². The summed E-state index contributed by atoms with van der Waals surface area (Å²) in [7, 11) is 0. The van der Waals surface area contributed by atoms with Crippen molar-refractivity contribution in [2.24, 2.45) is 5.92 Å². The lowest BCUT2D eigenvalue weighted by Gasteiger charge is -2.12. The van der Waals surface area contributed by atoms with Gasteiger partial charge in [-0.05, 0) is 43.4 Å². The SMILES string of the molecule is CCn1c(=O)oc2cc(C(O)CCC(C)C)ccc21. The number of fused-ring (bicyclic) bond motifs is 1. The van der Waals surface area contributed by atoms with Crippen molar-refractivity contribution < 1.29 is 9.52 Å². The van der Waals surface area contributed by atoms with Crippen molar-refractivity contribution in [1.82, 2.24) is 4.57 Å². The van der Waals surface area contributed by atoms with E-state index in [1.54, 1.807) is 10.6 Å². The highest BCUT2D eigenvalue weighted by Gasteiger charge is 2.13. The Labute approximate surface area is 112 Å². The summed E-state index contributed by atoms with van der Waals surface area (Å²) >= 11 is 0. The Balaban J connectivity index is 2.29. The summed E-state index contributed by atoms with van der Waals surface area (Å²) in [4.78, 5) is 11.6. The van der Waals surface area contributed by atoms with Gasteiger partial charge >= 0.3 is 5.76 Å². The third-order valence-corrected chi connectivity index (χ3v) is 3.41. The van der Waals surface area contributed by atoms with Crippen molar-refractivity contribution in [1.29, 1.82) is 0 Å². The molecule has 0 fully saturated rings. The van der Waals surface area contributed by atoms with E-state index in [-0.39, 0.29) is 5.76 Å². The topological polar surface area (TPSA) is 55.4 Å². The molecular weight excluding hydrogens is 242 g/mol. The van der Waals surface area contributed by atoms with E-state index in [1.165, 1.54) is 0 Å².